The van der Waals surface area contributed by atoms with Crippen molar-refractivity contribution in [1.82, 2.24) is 4.57 Å². The molecular weight excluding hydrogens is 302 g/mol. The number of imidazole rings is 1. The van der Waals surface area contributed by atoms with Gasteiger partial charge in [0.1, 0.15) is 36.0 Å². The third-order valence-electron chi connectivity index (χ3n) is 4.04. The summed E-state index contributed by atoms with van der Waals surface area (Å²) < 4.78 is 9.69. The second-order valence-electron chi connectivity index (χ2n) is 5.89. The topological polar surface area (TPSA) is 64.3 Å². The number of aryl methyl sites for hydroxylation is 1. The lowest BCUT2D eigenvalue weighted by atomic mass is 10.3. The second kappa shape index (κ2) is 7.36. The number of nitrogens with zero attached hydrogens (tertiary/aromatic N) is 2. The average Bonchev–Trinajstić information content (AvgIpc) is 2.87. The van der Waals surface area contributed by atoms with Crippen LogP contribution < -0.4 is 15.0 Å². The molecule has 0 radical (unpaired) electrons. The number of aliphatic hydroxyl groups excluding tert-OH is 1. The van der Waals surface area contributed by atoms with Crippen LogP contribution in [-0.2, 0) is 13.1 Å². The van der Waals surface area contributed by atoms with Gasteiger partial charge in [-0.3, -0.25) is 5.73 Å². The maximum Gasteiger partial charge on any atom is 0.356 e. The minimum atomic E-state index is -0.640. The molecule has 0 saturated heterocycles. The first-order valence-corrected chi connectivity index (χ1v) is 8.33. The number of nitrogen functional groups attached to an aromatic ring is 1. The van der Waals surface area contributed by atoms with Gasteiger partial charge < -0.3 is 9.84 Å². The number of hydrogen-bond acceptors (Lipinski definition) is 3. The van der Waals surface area contributed by atoms with Crippen LogP contribution in [0.4, 0.5) is 5.95 Å². The van der Waals surface area contributed by atoms with Crippen molar-refractivity contribution < 1.29 is 14.4 Å². The van der Waals surface area contributed by atoms with E-state index in [0.29, 0.717) is 12.5 Å². The molecule has 0 aliphatic heterocycles. The van der Waals surface area contributed by atoms with Gasteiger partial charge in [0.2, 0.25) is 0 Å². The van der Waals surface area contributed by atoms with Crippen molar-refractivity contribution in [2.75, 3.05) is 12.3 Å². The van der Waals surface area contributed by atoms with Crippen molar-refractivity contribution in [1.29, 1.82) is 0 Å². The number of aromatic nitrogens is 2. The van der Waals surface area contributed by atoms with Crippen LogP contribution in [0.3, 0.4) is 0 Å². The van der Waals surface area contributed by atoms with Gasteiger partial charge in [0, 0.05) is 0 Å². The Bertz CT molecular complexity index is 799. The summed E-state index contributed by atoms with van der Waals surface area (Å²) in [6.45, 7) is 3.61. The Morgan fingerprint density at radius 1 is 1.12 bits per heavy atom. The van der Waals surface area contributed by atoms with E-state index in [-0.39, 0.29) is 6.61 Å². The molecule has 3 aromatic rings. The standard InChI is InChI=1S/C19H23N3O2/c1-2-12-21-17-10-6-7-11-18(17)22(19(21)20)13-15(23)14-24-16-8-4-3-5-9-16/h3-11,15,20,23H,2,12-14H2,1H3/p+1. The molecule has 2 aromatic carbocycles. The number of para-hydroxylation sites is 3. The van der Waals surface area contributed by atoms with Crippen molar-refractivity contribution in [3.05, 3.63) is 54.6 Å². The van der Waals surface area contributed by atoms with Crippen LogP contribution in [0.15, 0.2) is 54.6 Å². The van der Waals surface area contributed by atoms with Crippen molar-refractivity contribution in [3.8, 4) is 5.75 Å². The van der Waals surface area contributed by atoms with E-state index < -0.39 is 6.10 Å². The zero-order valence-electron chi connectivity index (χ0n) is 13.9. The Labute approximate surface area is 141 Å². The Kier molecular flexibility index (Phi) is 5.01. The summed E-state index contributed by atoms with van der Waals surface area (Å²) in [5.41, 5.74) is 8.45. The van der Waals surface area contributed by atoms with Crippen LogP contribution in [-0.4, -0.2) is 22.4 Å². The molecule has 0 aliphatic rings. The quantitative estimate of drug-likeness (QED) is 0.655. The Hall–Kier alpha value is -2.53. The Morgan fingerprint density at radius 2 is 1.83 bits per heavy atom. The number of aliphatic hydroxyl groups is 1. The van der Waals surface area contributed by atoms with Gasteiger partial charge >= 0.3 is 5.95 Å². The van der Waals surface area contributed by atoms with Crippen LogP contribution in [0.25, 0.3) is 11.0 Å². The number of benzene rings is 2. The molecule has 5 nitrogen and oxygen atoms in total. The summed E-state index contributed by atoms with van der Waals surface area (Å²) in [7, 11) is 0. The lowest BCUT2D eigenvalue weighted by Crippen LogP contribution is -2.43. The molecule has 3 N–H and O–H groups in total. The molecule has 1 atom stereocenters. The van der Waals surface area contributed by atoms with Crippen LogP contribution in [0, 0.1) is 0 Å². The van der Waals surface area contributed by atoms with E-state index >= 15 is 0 Å². The van der Waals surface area contributed by atoms with E-state index in [2.05, 4.69) is 17.6 Å². The summed E-state index contributed by atoms with van der Waals surface area (Å²) in [4.78, 5) is 0. The molecule has 3 rings (SSSR count). The van der Waals surface area contributed by atoms with E-state index in [9.17, 15) is 5.11 Å². The number of ether oxygens (including phenoxy) is 1. The Balaban J connectivity index is 1.78. The highest BCUT2D eigenvalue weighted by atomic mass is 16.5. The van der Waals surface area contributed by atoms with Gasteiger partial charge in [-0.05, 0) is 30.7 Å². The van der Waals surface area contributed by atoms with Gasteiger partial charge in [-0.15, -0.1) is 0 Å². The SMILES string of the molecule is CCCn1c(N)[n+](CC(O)COc2ccccc2)c2ccccc21. The van der Waals surface area contributed by atoms with E-state index in [1.54, 1.807) is 0 Å². The van der Waals surface area contributed by atoms with Crippen molar-refractivity contribution in [2.24, 2.45) is 0 Å². The predicted octanol–water partition coefficient (Wildman–Crippen LogP) is 2.36. The summed E-state index contributed by atoms with van der Waals surface area (Å²) >= 11 is 0. The lowest BCUT2D eigenvalue weighted by Gasteiger charge is -2.12. The number of rotatable bonds is 7. The number of fused-ring (bicyclic) bond motifs is 1. The zero-order valence-corrected chi connectivity index (χ0v) is 13.9. The molecular formula is C19H24N3O2+. The molecule has 24 heavy (non-hydrogen) atoms. The number of hydrogen-bond donors (Lipinski definition) is 2. The molecule has 1 heterocycles. The molecule has 1 unspecified atom stereocenters. The minimum absolute atomic E-state index is 0.226. The van der Waals surface area contributed by atoms with Crippen LogP contribution >= 0.6 is 0 Å². The van der Waals surface area contributed by atoms with Crippen molar-refractivity contribution in [3.63, 3.8) is 0 Å². The lowest BCUT2D eigenvalue weighted by molar-refractivity contribution is -0.665. The third kappa shape index (κ3) is 3.36. The predicted molar refractivity (Wildman–Crippen MR) is 94.8 cm³/mol. The first kappa shape index (κ1) is 16.3. The minimum Gasteiger partial charge on any atom is -0.491 e. The fourth-order valence-corrected chi connectivity index (χ4v) is 2.94. The average molecular weight is 326 g/mol. The molecule has 0 spiro atoms. The number of anilines is 1. The molecule has 0 saturated carbocycles. The van der Waals surface area contributed by atoms with Gasteiger partial charge in [0.25, 0.3) is 0 Å². The van der Waals surface area contributed by atoms with Gasteiger partial charge in [-0.25, -0.2) is 9.13 Å². The second-order valence-corrected chi connectivity index (χ2v) is 5.89. The van der Waals surface area contributed by atoms with E-state index in [0.717, 1.165) is 29.7 Å². The normalized spacial score (nSPS) is 12.4. The summed E-state index contributed by atoms with van der Waals surface area (Å²) in [5, 5.41) is 10.4. The van der Waals surface area contributed by atoms with E-state index in [1.807, 2.05) is 53.1 Å². The van der Waals surface area contributed by atoms with E-state index in [4.69, 9.17) is 10.5 Å². The molecule has 0 aliphatic carbocycles. The largest absolute Gasteiger partial charge is 0.491 e. The third-order valence-corrected chi connectivity index (χ3v) is 4.04. The summed E-state index contributed by atoms with van der Waals surface area (Å²) in [6, 6.07) is 17.6. The van der Waals surface area contributed by atoms with Gasteiger partial charge in [0.05, 0.1) is 6.54 Å². The van der Waals surface area contributed by atoms with Gasteiger partial charge in [-0.1, -0.05) is 37.3 Å². The van der Waals surface area contributed by atoms with Crippen molar-refractivity contribution >= 4 is 17.0 Å². The van der Waals surface area contributed by atoms with Crippen LogP contribution in [0.2, 0.25) is 0 Å². The molecule has 0 amide bonds. The zero-order chi connectivity index (χ0) is 16.9. The fraction of sp³-hybridized carbons (Fsp3) is 0.316. The van der Waals surface area contributed by atoms with Crippen LogP contribution in [0.1, 0.15) is 13.3 Å². The first-order valence-electron chi connectivity index (χ1n) is 8.33. The maximum atomic E-state index is 10.4. The number of nitrogens with two attached hydrogens (primary N) is 1. The molecule has 1 aromatic heterocycles. The summed E-state index contributed by atoms with van der Waals surface area (Å²) in [5.74, 6) is 1.42. The van der Waals surface area contributed by atoms with Crippen molar-refractivity contribution in [2.45, 2.75) is 32.5 Å². The fourth-order valence-electron chi connectivity index (χ4n) is 2.94. The van der Waals surface area contributed by atoms with Crippen LogP contribution in [0.5, 0.6) is 5.75 Å². The van der Waals surface area contributed by atoms with Gasteiger partial charge in [-0.2, -0.15) is 0 Å². The molecule has 5 heteroatoms. The summed E-state index contributed by atoms with van der Waals surface area (Å²) in [6.07, 6.45) is 0.362. The van der Waals surface area contributed by atoms with Gasteiger partial charge in [0.15, 0.2) is 0 Å². The monoisotopic (exact) mass is 326 g/mol. The maximum absolute atomic E-state index is 10.4. The highest BCUT2D eigenvalue weighted by Crippen LogP contribution is 2.17. The van der Waals surface area contributed by atoms with E-state index in [1.165, 1.54) is 0 Å². The molecule has 126 valence electrons. The highest BCUT2D eigenvalue weighted by molar-refractivity contribution is 5.73. The first-order chi connectivity index (χ1) is 11.7. The smallest absolute Gasteiger partial charge is 0.356 e. The highest BCUT2D eigenvalue weighted by Gasteiger charge is 2.22. The Morgan fingerprint density at radius 3 is 2.58 bits per heavy atom. The molecule has 0 bridgehead atoms. The molecule has 0 fully saturated rings.